The summed E-state index contributed by atoms with van der Waals surface area (Å²) in [6, 6.07) is 8.71. The summed E-state index contributed by atoms with van der Waals surface area (Å²) in [6.07, 6.45) is 1.03. The fraction of sp³-hybridized carbons (Fsp3) is 0.125. The van der Waals surface area contributed by atoms with Crippen LogP contribution in [0.2, 0.25) is 5.02 Å². The minimum Gasteiger partial charge on any atom is -0.452 e. The lowest BCUT2D eigenvalue weighted by atomic mass is 10.2. The number of sulfone groups is 1. The van der Waals surface area contributed by atoms with Crippen molar-refractivity contribution in [1.82, 2.24) is 0 Å². The number of hydrogen-bond donors (Lipinski definition) is 1. The van der Waals surface area contributed by atoms with E-state index in [1.165, 1.54) is 36.4 Å². The Morgan fingerprint density at radius 1 is 1.19 bits per heavy atom. The van der Waals surface area contributed by atoms with Crippen molar-refractivity contribution in [2.45, 2.75) is 4.90 Å². The van der Waals surface area contributed by atoms with Gasteiger partial charge in [-0.2, -0.15) is 0 Å². The van der Waals surface area contributed by atoms with E-state index in [0.29, 0.717) is 0 Å². The largest absolute Gasteiger partial charge is 0.452 e. The number of benzene rings is 2. The first-order valence-electron chi connectivity index (χ1n) is 7.29. The molecular formula is C16H13ClN2O7S. The Morgan fingerprint density at radius 2 is 1.81 bits per heavy atom. The predicted octanol–water partition coefficient (Wildman–Crippen LogP) is 2.45. The van der Waals surface area contributed by atoms with Crippen molar-refractivity contribution in [2.75, 3.05) is 18.2 Å². The van der Waals surface area contributed by atoms with Gasteiger partial charge in [0.1, 0.15) is 5.02 Å². The molecule has 0 spiro atoms. The second-order valence-electron chi connectivity index (χ2n) is 5.34. The van der Waals surface area contributed by atoms with Crippen molar-refractivity contribution in [2.24, 2.45) is 0 Å². The first kappa shape index (κ1) is 20.3. The van der Waals surface area contributed by atoms with Gasteiger partial charge in [-0.15, -0.1) is 0 Å². The number of nitrogens with one attached hydrogen (secondary N) is 1. The van der Waals surface area contributed by atoms with E-state index in [2.05, 4.69) is 5.32 Å². The quantitative estimate of drug-likeness (QED) is 0.437. The van der Waals surface area contributed by atoms with E-state index < -0.39 is 33.2 Å². The van der Waals surface area contributed by atoms with E-state index in [-0.39, 0.29) is 26.9 Å². The van der Waals surface area contributed by atoms with Crippen LogP contribution in [0.15, 0.2) is 47.4 Å². The zero-order valence-corrected chi connectivity index (χ0v) is 15.4. The van der Waals surface area contributed by atoms with Crippen LogP contribution in [-0.4, -0.2) is 38.1 Å². The monoisotopic (exact) mass is 412 g/mol. The molecule has 2 aromatic rings. The first-order valence-corrected chi connectivity index (χ1v) is 9.56. The third kappa shape index (κ3) is 5.50. The van der Waals surface area contributed by atoms with Crippen molar-refractivity contribution in [3.05, 3.63) is 63.2 Å². The summed E-state index contributed by atoms with van der Waals surface area (Å²) < 4.78 is 27.6. The number of anilines is 1. The van der Waals surface area contributed by atoms with Crippen LogP contribution in [0.5, 0.6) is 0 Å². The summed E-state index contributed by atoms with van der Waals surface area (Å²) in [4.78, 5) is 33.9. The highest BCUT2D eigenvalue weighted by molar-refractivity contribution is 7.90. The molecule has 27 heavy (non-hydrogen) atoms. The molecule has 0 aromatic heterocycles. The smallest absolute Gasteiger partial charge is 0.338 e. The van der Waals surface area contributed by atoms with Crippen molar-refractivity contribution in [3.8, 4) is 0 Å². The van der Waals surface area contributed by atoms with Crippen LogP contribution in [0.4, 0.5) is 11.4 Å². The van der Waals surface area contributed by atoms with E-state index in [1.54, 1.807) is 0 Å². The Bertz CT molecular complexity index is 1000. The number of carbonyl (C=O) groups excluding carboxylic acids is 2. The van der Waals surface area contributed by atoms with E-state index in [4.69, 9.17) is 16.3 Å². The Hall–Kier alpha value is -2.98. The predicted molar refractivity (Wildman–Crippen MR) is 96.6 cm³/mol. The lowest BCUT2D eigenvalue weighted by molar-refractivity contribution is -0.384. The highest BCUT2D eigenvalue weighted by Crippen LogP contribution is 2.27. The minimum atomic E-state index is -3.39. The number of amides is 1. The van der Waals surface area contributed by atoms with Gasteiger partial charge in [0.2, 0.25) is 0 Å². The van der Waals surface area contributed by atoms with E-state index in [9.17, 15) is 28.1 Å². The van der Waals surface area contributed by atoms with Gasteiger partial charge in [-0.05, 0) is 36.4 Å². The van der Waals surface area contributed by atoms with Crippen molar-refractivity contribution in [3.63, 3.8) is 0 Å². The molecule has 0 aliphatic heterocycles. The van der Waals surface area contributed by atoms with Gasteiger partial charge >= 0.3 is 5.97 Å². The molecule has 0 atom stereocenters. The number of halogens is 1. The molecular weight excluding hydrogens is 400 g/mol. The topological polar surface area (TPSA) is 133 Å². The molecule has 1 N–H and O–H groups in total. The van der Waals surface area contributed by atoms with Crippen molar-refractivity contribution < 1.29 is 27.7 Å². The summed E-state index contributed by atoms with van der Waals surface area (Å²) in [6.45, 7) is -0.636. The van der Waals surface area contributed by atoms with Crippen molar-refractivity contribution in [1.29, 1.82) is 0 Å². The molecule has 11 heteroatoms. The summed E-state index contributed by atoms with van der Waals surface area (Å²) >= 11 is 5.68. The van der Waals surface area contributed by atoms with Gasteiger partial charge in [0, 0.05) is 18.0 Å². The number of esters is 1. The zero-order valence-electron chi connectivity index (χ0n) is 13.8. The Labute approximate surface area is 159 Å². The molecule has 0 heterocycles. The molecule has 0 saturated heterocycles. The van der Waals surface area contributed by atoms with Crippen LogP contribution in [0.25, 0.3) is 0 Å². The molecule has 2 aromatic carbocycles. The second-order valence-corrected chi connectivity index (χ2v) is 7.77. The minimum absolute atomic E-state index is 0.0427. The summed E-state index contributed by atoms with van der Waals surface area (Å²) in [5.41, 5.74) is -0.195. The maximum atomic E-state index is 11.9. The molecule has 142 valence electrons. The standard InChI is InChI=1S/C16H13ClN2O7S/c1-27(24,25)12-5-2-10(3-6-12)16(21)26-9-15(20)18-11-4-7-13(17)14(8-11)19(22)23/h2-8H,9H2,1H3,(H,18,20). The second kappa shape index (κ2) is 8.14. The number of nitro groups is 1. The molecule has 0 fully saturated rings. The van der Waals surface area contributed by atoms with Gasteiger partial charge < -0.3 is 10.1 Å². The summed E-state index contributed by atoms with van der Waals surface area (Å²) in [5.74, 6) is -1.54. The van der Waals surface area contributed by atoms with Gasteiger partial charge in [-0.1, -0.05) is 11.6 Å². The normalized spacial score (nSPS) is 10.9. The van der Waals surface area contributed by atoms with Gasteiger partial charge in [-0.25, -0.2) is 13.2 Å². The number of carbonyl (C=O) groups is 2. The lowest BCUT2D eigenvalue weighted by Gasteiger charge is -2.07. The number of nitrogens with zero attached hydrogens (tertiary/aromatic N) is 1. The maximum Gasteiger partial charge on any atom is 0.338 e. The summed E-state index contributed by atoms with van der Waals surface area (Å²) in [5, 5.41) is 13.1. The molecule has 0 unspecified atom stereocenters. The average molecular weight is 413 g/mol. The third-order valence-electron chi connectivity index (χ3n) is 3.28. The molecule has 0 aliphatic carbocycles. The molecule has 1 amide bonds. The fourth-order valence-corrected chi connectivity index (χ4v) is 2.80. The van der Waals surface area contributed by atoms with Gasteiger partial charge in [0.25, 0.3) is 11.6 Å². The van der Waals surface area contributed by atoms with Gasteiger partial charge in [-0.3, -0.25) is 14.9 Å². The third-order valence-corrected chi connectivity index (χ3v) is 4.73. The number of nitro benzene ring substituents is 1. The maximum absolute atomic E-state index is 11.9. The fourth-order valence-electron chi connectivity index (χ4n) is 1.98. The summed E-state index contributed by atoms with van der Waals surface area (Å²) in [7, 11) is -3.39. The first-order chi connectivity index (χ1) is 12.6. The van der Waals surface area contributed by atoms with Crippen LogP contribution in [-0.2, 0) is 19.4 Å². The highest BCUT2D eigenvalue weighted by atomic mass is 35.5. The van der Waals surface area contributed by atoms with Crippen LogP contribution in [0.3, 0.4) is 0 Å². The van der Waals surface area contributed by atoms with Crippen LogP contribution in [0, 0.1) is 10.1 Å². The molecule has 0 saturated carbocycles. The average Bonchev–Trinajstić information content (AvgIpc) is 2.60. The number of rotatable bonds is 6. The van der Waals surface area contributed by atoms with Crippen molar-refractivity contribution >= 4 is 44.7 Å². The molecule has 0 aliphatic rings. The SMILES string of the molecule is CS(=O)(=O)c1ccc(C(=O)OCC(=O)Nc2ccc(Cl)c([N+](=O)[O-])c2)cc1. The van der Waals surface area contributed by atoms with E-state index >= 15 is 0 Å². The van der Waals surface area contributed by atoms with Crippen LogP contribution < -0.4 is 5.32 Å². The Morgan fingerprint density at radius 3 is 2.37 bits per heavy atom. The van der Waals surface area contributed by atoms with Gasteiger partial charge in [0.15, 0.2) is 16.4 Å². The number of hydrogen-bond acceptors (Lipinski definition) is 7. The molecule has 2 rings (SSSR count). The zero-order chi connectivity index (χ0) is 20.2. The lowest BCUT2D eigenvalue weighted by Crippen LogP contribution is -2.21. The Kier molecular flexibility index (Phi) is 6.13. The number of ether oxygens (including phenoxy) is 1. The highest BCUT2D eigenvalue weighted by Gasteiger charge is 2.15. The molecule has 0 bridgehead atoms. The molecule has 9 nitrogen and oxygen atoms in total. The van der Waals surface area contributed by atoms with Crippen LogP contribution in [0.1, 0.15) is 10.4 Å². The van der Waals surface area contributed by atoms with E-state index in [1.807, 2.05) is 0 Å². The van der Waals surface area contributed by atoms with Gasteiger partial charge in [0.05, 0.1) is 15.4 Å². The molecule has 0 radical (unpaired) electrons. The van der Waals surface area contributed by atoms with Crippen LogP contribution >= 0.6 is 11.6 Å². The Balaban J connectivity index is 1.96. The van der Waals surface area contributed by atoms with E-state index in [0.717, 1.165) is 12.3 Å².